The molecule has 0 unspecified atom stereocenters. The van der Waals surface area contributed by atoms with E-state index in [9.17, 15) is 4.79 Å². The van der Waals surface area contributed by atoms with Gasteiger partial charge in [0, 0.05) is 34.9 Å². The number of nitrogens with zero attached hydrogens (tertiary/aromatic N) is 4. The number of hydrogen-bond acceptors (Lipinski definition) is 6. The van der Waals surface area contributed by atoms with E-state index < -0.39 is 5.91 Å². The predicted octanol–water partition coefficient (Wildman–Crippen LogP) is 4.46. The summed E-state index contributed by atoms with van der Waals surface area (Å²) < 4.78 is 0. The number of carbonyl (C=O) groups is 1. The van der Waals surface area contributed by atoms with Gasteiger partial charge in [-0.25, -0.2) is 0 Å². The molecule has 0 spiro atoms. The Labute approximate surface area is 190 Å². The van der Waals surface area contributed by atoms with Gasteiger partial charge in [-0.3, -0.25) is 14.8 Å². The third-order valence-electron chi connectivity index (χ3n) is 5.35. The minimum Gasteiger partial charge on any atom is -0.366 e. The molecule has 0 atom stereocenters. The normalized spacial score (nSPS) is 10.8. The topological polar surface area (TPSA) is 107 Å². The van der Waals surface area contributed by atoms with Crippen LogP contribution >= 0.6 is 0 Å². The highest BCUT2D eigenvalue weighted by atomic mass is 16.1. The maximum absolute atomic E-state index is 11.7. The van der Waals surface area contributed by atoms with Gasteiger partial charge in [0.25, 0.3) is 0 Å². The van der Waals surface area contributed by atoms with Crippen molar-refractivity contribution >= 4 is 22.5 Å². The van der Waals surface area contributed by atoms with Crippen LogP contribution in [0.25, 0.3) is 33.2 Å². The number of rotatable bonds is 6. The van der Waals surface area contributed by atoms with Gasteiger partial charge in [-0.2, -0.15) is 0 Å². The number of benzene rings is 2. The lowest BCUT2D eigenvalue weighted by atomic mass is 9.96. The molecule has 7 heteroatoms. The molecule has 3 aromatic heterocycles. The molecular formula is C26H20N6O. The minimum atomic E-state index is -0.541. The van der Waals surface area contributed by atoms with E-state index in [-0.39, 0.29) is 0 Å². The molecule has 0 aliphatic rings. The molecule has 2 aromatic carbocycles. The van der Waals surface area contributed by atoms with E-state index in [0.717, 1.165) is 27.6 Å². The summed E-state index contributed by atoms with van der Waals surface area (Å²) >= 11 is 0. The summed E-state index contributed by atoms with van der Waals surface area (Å²) in [6.07, 6.45) is 4.86. The second-order valence-electron chi connectivity index (χ2n) is 7.49. The summed E-state index contributed by atoms with van der Waals surface area (Å²) in [5.41, 5.74) is 10.1. The molecule has 0 saturated carbocycles. The van der Waals surface area contributed by atoms with Crippen LogP contribution in [0.2, 0.25) is 0 Å². The maximum Gasteiger partial charge on any atom is 0.250 e. The Hall–Kier alpha value is -4.65. The van der Waals surface area contributed by atoms with E-state index in [4.69, 9.17) is 5.73 Å². The van der Waals surface area contributed by atoms with Gasteiger partial charge in [-0.05, 0) is 29.3 Å². The fourth-order valence-electron chi connectivity index (χ4n) is 3.79. The third-order valence-corrected chi connectivity index (χ3v) is 5.35. The fraction of sp³-hybridized carbons (Fsp3) is 0.0385. The number of hydrogen-bond donors (Lipinski definition) is 2. The SMILES string of the molecule is NC(=O)c1cncc(-c2nnc(NCc3ccccn3)c3c(-c4ccccc4)cccc23)c1. The van der Waals surface area contributed by atoms with Gasteiger partial charge in [0.15, 0.2) is 5.82 Å². The number of carbonyl (C=O) groups excluding carboxylic acids is 1. The van der Waals surface area contributed by atoms with Crippen LogP contribution < -0.4 is 11.1 Å². The van der Waals surface area contributed by atoms with Gasteiger partial charge >= 0.3 is 0 Å². The van der Waals surface area contributed by atoms with Crippen molar-refractivity contribution in [3.8, 4) is 22.4 Å². The van der Waals surface area contributed by atoms with Crippen LogP contribution in [0, 0.1) is 0 Å². The zero-order valence-electron chi connectivity index (χ0n) is 17.6. The Balaban J connectivity index is 1.70. The van der Waals surface area contributed by atoms with Crippen molar-refractivity contribution in [3.05, 3.63) is 103 Å². The first-order valence-corrected chi connectivity index (χ1v) is 10.4. The van der Waals surface area contributed by atoms with Gasteiger partial charge in [-0.15, -0.1) is 10.2 Å². The molecule has 160 valence electrons. The van der Waals surface area contributed by atoms with Crippen molar-refractivity contribution in [1.82, 2.24) is 20.2 Å². The molecule has 0 radical (unpaired) electrons. The molecule has 1 amide bonds. The lowest BCUT2D eigenvalue weighted by Gasteiger charge is -2.15. The Morgan fingerprint density at radius 1 is 0.879 bits per heavy atom. The number of aromatic nitrogens is 4. The largest absolute Gasteiger partial charge is 0.366 e. The Kier molecular flexibility index (Phi) is 5.43. The molecule has 0 aliphatic heterocycles. The average molecular weight is 432 g/mol. The van der Waals surface area contributed by atoms with E-state index in [1.807, 2.05) is 48.5 Å². The van der Waals surface area contributed by atoms with Gasteiger partial charge in [0.05, 0.1) is 17.8 Å². The van der Waals surface area contributed by atoms with Crippen molar-refractivity contribution in [3.63, 3.8) is 0 Å². The van der Waals surface area contributed by atoms with Crippen LogP contribution in [-0.2, 0) is 6.54 Å². The van der Waals surface area contributed by atoms with Gasteiger partial charge < -0.3 is 11.1 Å². The summed E-state index contributed by atoms with van der Waals surface area (Å²) in [4.78, 5) is 20.3. The lowest BCUT2D eigenvalue weighted by molar-refractivity contribution is 0.1000. The molecule has 3 heterocycles. The van der Waals surface area contributed by atoms with Gasteiger partial charge in [0.1, 0.15) is 5.69 Å². The van der Waals surface area contributed by atoms with Crippen LogP contribution in [0.1, 0.15) is 16.1 Å². The summed E-state index contributed by atoms with van der Waals surface area (Å²) in [6.45, 7) is 0.506. The summed E-state index contributed by atoms with van der Waals surface area (Å²) in [5, 5.41) is 14.2. The first-order chi connectivity index (χ1) is 16.2. The molecule has 5 rings (SSSR count). The van der Waals surface area contributed by atoms with E-state index in [1.54, 1.807) is 18.5 Å². The molecule has 0 aliphatic carbocycles. The Bertz CT molecular complexity index is 1440. The smallest absolute Gasteiger partial charge is 0.250 e. The Morgan fingerprint density at radius 3 is 2.52 bits per heavy atom. The molecule has 5 aromatic rings. The molecule has 3 N–H and O–H groups in total. The number of anilines is 1. The van der Waals surface area contributed by atoms with Crippen molar-refractivity contribution in [1.29, 1.82) is 0 Å². The number of primary amides is 1. The summed E-state index contributed by atoms with van der Waals surface area (Å²) in [7, 11) is 0. The number of nitrogens with one attached hydrogen (secondary N) is 1. The van der Waals surface area contributed by atoms with Gasteiger partial charge in [-0.1, -0.05) is 54.6 Å². The van der Waals surface area contributed by atoms with E-state index in [1.165, 1.54) is 6.20 Å². The Morgan fingerprint density at radius 2 is 1.73 bits per heavy atom. The molecule has 0 saturated heterocycles. The van der Waals surface area contributed by atoms with Crippen LogP contribution in [0.5, 0.6) is 0 Å². The molecule has 0 bridgehead atoms. The highest BCUT2D eigenvalue weighted by Crippen LogP contribution is 2.37. The summed E-state index contributed by atoms with van der Waals surface area (Å²) in [5.74, 6) is 0.109. The van der Waals surface area contributed by atoms with E-state index in [0.29, 0.717) is 29.2 Å². The minimum absolute atomic E-state index is 0.319. The molecule has 7 nitrogen and oxygen atoms in total. The molecule has 0 fully saturated rings. The zero-order valence-corrected chi connectivity index (χ0v) is 17.6. The van der Waals surface area contributed by atoms with Crippen molar-refractivity contribution in [2.24, 2.45) is 5.73 Å². The van der Waals surface area contributed by atoms with Crippen LogP contribution in [-0.4, -0.2) is 26.1 Å². The average Bonchev–Trinajstić information content (AvgIpc) is 2.88. The first kappa shape index (κ1) is 20.3. The zero-order chi connectivity index (χ0) is 22.6. The van der Waals surface area contributed by atoms with Crippen molar-refractivity contribution in [2.45, 2.75) is 6.54 Å². The maximum atomic E-state index is 11.7. The number of pyridine rings is 2. The number of fused-ring (bicyclic) bond motifs is 1. The van der Waals surface area contributed by atoms with Gasteiger partial charge in [0.2, 0.25) is 5.91 Å². The molecular weight excluding hydrogens is 412 g/mol. The standard InChI is InChI=1S/C26H20N6O/c27-25(33)19-13-18(14-28-15-19)24-22-11-6-10-21(17-7-2-1-3-8-17)23(22)26(32-31-24)30-16-20-9-4-5-12-29-20/h1-15H,16H2,(H2,27,33)(H,30,32). The van der Waals surface area contributed by atoms with Crippen LogP contribution in [0.3, 0.4) is 0 Å². The second kappa shape index (κ2) is 8.84. The van der Waals surface area contributed by atoms with Crippen LogP contribution in [0.15, 0.2) is 91.4 Å². The molecule has 33 heavy (non-hydrogen) atoms. The second-order valence-corrected chi connectivity index (χ2v) is 7.49. The van der Waals surface area contributed by atoms with Crippen LogP contribution in [0.4, 0.5) is 5.82 Å². The number of nitrogens with two attached hydrogens (primary N) is 1. The monoisotopic (exact) mass is 432 g/mol. The third kappa shape index (κ3) is 4.12. The van der Waals surface area contributed by atoms with Crippen molar-refractivity contribution < 1.29 is 4.79 Å². The van der Waals surface area contributed by atoms with E-state index in [2.05, 4.69) is 43.7 Å². The quantitative estimate of drug-likeness (QED) is 0.410. The highest BCUT2D eigenvalue weighted by Gasteiger charge is 2.16. The number of amides is 1. The highest BCUT2D eigenvalue weighted by molar-refractivity contribution is 6.08. The first-order valence-electron chi connectivity index (χ1n) is 10.4. The van der Waals surface area contributed by atoms with E-state index >= 15 is 0 Å². The fourth-order valence-corrected chi connectivity index (χ4v) is 3.79. The van der Waals surface area contributed by atoms with Crippen molar-refractivity contribution in [2.75, 3.05) is 5.32 Å². The lowest BCUT2D eigenvalue weighted by Crippen LogP contribution is -2.11. The summed E-state index contributed by atoms with van der Waals surface area (Å²) in [6, 6.07) is 23.6. The predicted molar refractivity (Wildman–Crippen MR) is 128 cm³/mol.